The molecule has 0 aliphatic carbocycles. The number of benzene rings is 3. The predicted molar refractivity (Wildman–Crippen MR) is 143 cm³/mol. The lowest BCUT2D eigenvalue weighted by Crippen LogP contribution is -2.53. The lowest BCUT2D eigenvalue weighted by molar-refractivity contribution is -0.136. The second-order valence-corrected chi connectivity index (χ2v) is 10.8. The Bertz CT molecular complexity index is 1130. The molecule has 2 aliphatic rings. The first-order valence-electron chi connectivity index (χ1n) is 13.2. The molecule has 0 radical (unpaired) electrons. The molecule has 0 N–H and O–H groups in total. The number of hydrogen-bond acceptors (Lipinski definition) is 3. The van der Waals surface area contributed by atoms with E-state index in [1.54, 1.807) is 0 Å². The van der Waals surface area contributed by atoms with Crippen molar-refractivity contribution in [2.75, 3.05) is 19.6 Å². The fourth-order valence-corrected chi connectivity index (χ4v) is 5.91. The van der Waals surface area contributed by atoms with Crippen molar-refractivity contribution in [3.8, 4) is 5.75 Å². The van der Waals surface area contributed by atoms with Crippen LogP contribution in [0.25, 0.3) is 0 Å². The summed E-state index contributed by atoms with van der Waals surface area (Å²) in [4.78, 5) is 2.51. The highest BCUT2D eigenvalue weighted by molar-refractivity contribution is 6.30. The summed E-state index contributed by atoms with van der Waals surface area (Å²) in [6.07, 6.45) is 4.89. The fourth-order valence-electron chi connectivity index (χ4n) is 5.72. The van der Waals surface area contributed by atoms with E-state index in [1.807, 2.05) is 42.5 Å². The van der Waals surface area contributed by atoms with Gasteiger partial charge in [0.15, 0.2) is 0 Å². The second kappa shape index (κ2) is 11.5. The first-order valence-corrected chi connectivity index (χ1v) is 13.6. The molecule has 3 aromatic carbocycles. The minimum atomic E-state index is -0.280. The lowest BCUT2D eigenvalue weighted by atomic mass is 9.85. The summed E-state index contributed by atoms with van der Waals surface area (Å²) in [7, 11) is 0. The molecule has 1 spiro atoms. The first-order chi connectivity index (χ1) is 17.9. The number of halogens is 3. The molecule has 196 valence electrons. The quantitative estimate of drug-likeness (QED) is 0.294. The fraction of sp³-hybridized carbons (Fsp3) is 0.419. The third kappa shape index (κ3) is 6.17. The van der Waals surface area contributed by atoms with E-state index in [9.17, 15) is 8.78 Å². The summed E-state index contributed by atoms with van der Waals surface area (Å²) in [6.45, 7) is 5.62. The molecule has 5 rings (SSSR count). The maximum absolute atomic E-state index is 13.5. The molecule has 1 saturated heterocycles. The first kappa shape index (κ1) is 26.1. The van der Waals surface area contributed by atoms with E-state index in [2.05, 4.69) is 11.8 Å². The van der Waals surface area contributed by atoms with E-state index in [0.717, 1.165) is 74.2 Å². The van der Waals surface area contributed by atoms with Crippen LogP contribution in [0.15, 0.2) is 66.7 Å². The van der Waals surface area contributed by atoms with Gasteiger partial charge in [-0.15, -0.1) is 0 Å². The largest absolute Gasteiger partial charge is 0.487 e. The van der Waals surface area contributed by atoms with Gasteiger partial charge in [0.25, 0.3) is 0 Å². The van der Waals surface area contributed by atoms with Gasteiger partial charge in [-0.05, 0) is 92.7 Å². The van der Waals surface area contributed by atoms with Crippen LogP contribution in [0.3, 0.4) is 0 Å². The molecular weight excluding hydrogens is 492 g/mol. The minimum Gasteiger partial charge on any atom is -0.487 e. The van der Waals surface area contributed by atoms with Crippen molar-refractivity contribution in [3.63, 3.8) is 0 Å². The zero-order chi connectivity index (χ0) is 25.8. The van der Waals surface area contributed by atoms with E-state index in [-0.39, 0.29) is 29.3 Å². The number of piperidine rings is 1. The molecule has 0 aromatic heterocycles. The molecule has 37 heavy (non-hydrogen) atoms. The molecule has 0 amide bonds. The van der Waals surface area contributed by atoms with Crippen molar-refractivity contribution < 1.29 is 18.3 Å². The van der Waals surface area contributed by atoms with Crippen LogP contribution in [-0.2, 0) is 11.3 Å². The molecule has 0 saturated carbocycles. The molecule has 2 heterocycles. The Hall–Kier alpha value is -2.47. The number of hydrogen-bond donors (Lipinski definition) is 0. The van der Waals surface area contributed by atoms with Crippen LogP contribution < -0.4 is 4.74 Å². The Morgan fingerprint density at radius 3 is 2.16 bits per heavy atom. The van der Waals surface area contributed by atoms with Crippen molar-refractivity contribution in [1.29, 1.82) is 0 Å². The maximum atomic E-state index is 13.5. The molecule has 1 atom stereocenters. The highest BCUT2D eigenvalue weighted by Gasteiger charge is 2.43. The van der Waals surface area contributed by atoms with Gasteiger partial charge in [0, 0.05) is 29.6 Å². The Balaban J connectivity index is 1.14. The zero-order valence-electron chi connectivity index (χ0n) is 21.3. The van der Waals surface area contributed by atoms with Gasteiger partial charge < -0.3 is 14.4 Å². The molecule has 3 nitrogen and oxygen atoms in total. The van der Waals surface area contributed by atoms with Crippen LogP contribution in [0.5, 0.6) is 5.75 Å². The van der Waals surface area contributed by atoms with Crippen molar-refractivity contribution >= 4 is 11.6 Å². The Morgan fingerprint density at radius 1 is 0.919 bits per heavy atom. The Kier molecular flexibility index (Phi) is 8.13. The number of likely N-dealkylation sites (tertiary alicyclic amines) is 1. The standard InChI is InChI=1S/C31H34ClF2NO2/c1-22-31(36-21-25-20-26(32)9-14-30(25)37-22)15-18-35(19-16-31)17-3-2-4-29(23-5-10-27(33)11-6-23)24-7-12-28(34)13-8-24/h5-14,20,22,29H,2-4,15-19,21H2,1H3. The van der Waals surface area contributed by atoms with Crippen molar-refractivity contribution in [2.24, 2.45) is 0 Å². The number of fused-ring (bicyclic) bond motifs is 1. The molecule has 1 fully saturated rings. The van der Waals surface area contributed by atoms with Crippen molar-refractivity contribution in [1.82, 2.24) is 4.90 Å². The third-order valence-corrected chi connectivity index (χ3v) is 8.28. The van der Waals surface area contributed by atoms with Crippen LogP contribution in [0, 0.1) is 11.6 Å². The predicted octanol–water partition coefficient (Wildman–Crippen LogP) is 7.75. The average molecular weight is 526 g/mol. The van der Waals surface area contributed by atoms with Gasteiger partial charge in [-0.2, -0.15) is 0 Å². The monoisotopic (exact) mass is 525 g/mol. The third-order valence-electron chi connectivity index (χ3n) is 8.05. The molecule has 3 aromatic rings. The molecule has 2 aliphatic heterocycles. The number of nitrogens with zero attached hydrogens (tertiary/aromatic N) is 1. The van der Waals surface area contributed by atoms with Gasteiger partial charge in [-0.25, -0.2) is 8.78 Å². The highest BCUT2D eigenvalue weighted by Crippen LogP contribution is 2.39. The number of ether oxygens (including phenoxy) is 2. The van der Waals surface area contributed by atoms with E-state index in [1.165, 1.54) is 24.3 Å². The minimum absolute atomic E-state index is 0.0238. The van der Waals surface area contributed by atoms with Gasteiger partial charge >= 0.3 is 0 Å². The number of unbranched alkanes of at least 4 members (excludes halogenated alkanes) is 1. The summed E-state index contributed by atoms with van der Waals surface area (Å²) in [5.41, 5.74) is 2.86. The van der Waals surface area contributed by atoms with Gasteiger partial charge in [-0.1, -0.05) is 42.3 Å². The molecular formula is C31H34ClF2NO2. The van der Waals surface area contributed by atoms with Crippen LogP contribution in [0.4, 0.5) is 8.78 Å². The van der Waals surface area contributed by atoms with E-state index in [4.69, 9.17) is 21.1 Å². The summed E-state index contributed by atoms with van der Waals surface area (Å²) in [6, 6.07) is 19.1. The molecule has 1 unspecified atom stereocenters. The van der Waals surface area contributed by atoms with Gasteiger partial charge in [-0.3, -0.25) is 0 Å². The Labute approximate surface area is 223 Å². The summed E-state index contributed by atoms with van der Waals surface area (Å²) in [5, 5.41) is 0.700. The van der Waals surface area contributed by atoms with E-state index < -0.39 is 0 Å². The summed E-state index contributed by atoms with van der Waals surface area (Å²) in [5.74, 6) is 0.510. The summed E-state index contributed by atoms with van der Waals surface area (Å²) < 4.78 is 39.8. The summed E-state index contributed by atoms with van der Waals surface area (Å²) >= 11 is 6.18. The van der Waals surface area contributed by atoms with Crippen LogP contribution in [-0.4, -0.2) is 36.2 Å². The SMILES string of the molecule is CC1Oc2ccc(Cl)cc2COC12CCN(CCCCC(c1ccc(F)cc1)c1ccc(F)cc1)CC2. The topological polar surface area (TPSA) is 21.7 Å². The molecule has 6 heteroatoms. The second-order valence-electron chi connectivity index (χ2n) is 10.4. The normalized spacial score (nSPS) is 19.4. The highest BCUT2D eigenvalue weighted by atomic mass is 35.5. The van der Waals surface area contributed by atoms with Gasteiger partial charge in [0.05, 0.1) is 6.61 Å². The molecule has 0 bridgehead atoms. The van der Waals surface area contributed by atoms with Crippen LogP contribution in [0.2, 0.25) is 5.02 Å². The Morgan fingerprint density at radius 2 is 1.54 bits per heavy atom. The zero-order valence-corrected chi connectivity index (χ0v) is 22.0. The maximum Gasteiger partial charge on any atom is 0.125 e. The van der Waals surface area contributed by atoms with E-state index >= 15 is 0 Å². The smallest absolute Gasteiger partial charge is 0.125 e. The van der Waals surface area contributed by atoms with Crippen molar-refractivity contribution in [3.05, 3.63) is 100 Å². The van der Waals surface area contributed by atoms with Crippen LogP contribution >= 0.6 is 11.6 Å². The van der Waals surface area contributed by atoms with E-state index in [0.29, 0.717) is 11.6 Å². The van der Waals surface area contributed by atoms with Crippen LogP contribution in [0.1, 0.15) is 61.6 Å². The lowest BCUT2D eigenvalue weighted by Gasteiger charge is -2.43. The van der Waals surface area contributed by atoms with Gasteiger partial charge in [0.1, 0.15) is 29.1 Å². The van der Waals surface area contributed by atoms with Crippen molar-refractivity contribution in [2.45, 2.75) is 63.3 Å². The van der Waals surface area contributed by atoms with Gasteiger partial charge in [0.2, 0.25) is 0 Å². The average Bonchev–Trinajstić information content (AvgIpc) is 3.03. The number of rotatable bonds is 7.